The minimum atomic E-state index is -1.02. The van der Waals surface area contributed by atoms with Crippen LogP contribution in [0, 0.1) is 0 Å². The number of carbonyl (C=O) groups is 1. The van der Waals surface area contributed by atoms with Gasteiger partial charge in [0, 0.05) is 40.1 Å². The van der Waals surface area contributed by atoms with Crippen molar-refractivity contribution in [1.82, 2.24) is 15.3 Å². The number of thiophene rings is 1. The first-order valence-corrected chi connectivity index (χ1v) is 7.46. The van der Waals surface area contributed by atoms with Crippen molar-refractivity contribution in [2.75, 3.05) is 0 Å². The van der Waals surface area contributed by atoms with Gasteiger partial charge in [0.1, 0.15) is 0 Å². The summed E-state index contributed by atoms with van der Waals surface area (Å²) in [5.41, 5.74) is 3.18. The molecule has 3 rings (SSSR count). The Hall–Kier alpha value is -2.73. The minimum Gasteiger partial charge on any atom is -0.465 e. The highest BCUT2D eigenvalue weighted by atomic mass is 32.1. The van der Waals surface area contributed by atoms with E-state index in [4.69, 9.17) is 5.11 Å². The molecule has 0 saturated carbocycles. The summed E-state index contributed by atoms with van der Waals surface area (Å²) < 4.78 is 0. The van der Waals surface area contributed by atoms with Crippen LogP contribution in [0.5, 0.6) is 0 Å². The van der Waals surface area contributed by atoms with Crippen molar-refractivity contribution in [3.63, 3.8) is 0 Å². The Balaban J connectivity index is 1.94. The molecule has 5 nitrogen and oxygen atoms in total. The average molecular weight is 311 g/mol. The average Bonchev–Trinajstić information content (AvgIpc) is 3.03. The van der Waals surface area contributed by atoms with Crippen LogP contribution in [0.2, 0.25) is 0 Å². The molecule has 0 aliphatic rings. The van der Waals surface area contributed by atoms with Gasteiger partial charge < -0.3 is 10.4 Å². The summed E-state index contributed by atoms with van der Waals surface area (Å²) in [5, 5.41) is 11.0. The van der Waals surface area contributed by atoms with Crippen LogP contribution in [0.1, 0.15) is 4.88 Å². The molecule has 1 amide bonds. The molecule has 0 aliphatic carbocycles. The van der Waals surface area contributed by atoms with E-state index in [1.54, 1.807) is 29.9 Å². The Morgan fingerprint density at radius 1 is 1.05 bits per heavy atom. The zero-order valence-electron chi connectivity index (χ0n) is 11.6. The van der Waals surface area contributed by atoms with Gasteiger partial charge in [-0.15, -0.1) is 11.3 Å². The highest BCUT2D eigenvalue weighted by Gasteiger charge is 2.10. The summed E-state index contributed by atoms with van der Waals surface area (Å²) in [4.78, 5) is 20.8. The second-order valence-corrected chi connectivity index (χ2v) is 5.75. The van der Waals surface area contributed by atoms with Crippen LogP contribution in [0.25, 0.3) is 21.6 Å². The number of amides is 1. The maximum Gasteiger partial charge on any atom is 0.404 e. The van der Waals surface area contributed by atoms with E-state index >= 15 is 0 Å². The lowest BCUT2D eigenvalue weighted by Gasteiger charge is -2.07. The Kier molecular flexibility index (Phi) is 4.11. The zero-order chi connectivity index (χ0) is 15.4. The first kappa shape index (κ1) is 14.2. The molecule has 110 valence electrons. The van der Waals surface area contributed by atoms with Crippen molar-refractivity contribution in [2.45, 2.75) is 6.54 Å². The van der Waals surface area contributed by atoms with E-state index in [9.17, 15) is 4.79 Å². The van der Waals surface area contributed by atoms with Crippen molar-refractivity contribution in [3.05, 3.63) is 60.0 Å². The normalized spacial score (nSPS) is 10.4. The van der Waals surface area contributed by atoms with E-state index in [0.29, 0.717) is 6.54 Å². The van der Waals surface area contributed by atoms with Crippen LogP contribution in [0.3, 0.4) is 0 Å². The smallest absolute Gasteiger partial charge is 0.404 e. The van der Waals surface area contributed by atoms with E-state index in [1.807, 2.05) is 36.5 Å². The maximum absolute atomic E-state index is 10.6. The Morgan fingerprint density at radius 2 is 1.82 bits per heavy atom. The Morgan fingerprint density at radius 3 is 2.59 bits per heavy atom. The quantitative estimate of drug-likeness (QED) is 0.771. The second-order valence-electron chi connectivity index (χ2n) is 4.58. The predicted molar refractivity (Wildman–Crippen MR) is 85.6 cm³/mol. The molecule has 0 bridgehead atoms. The molecule has 2 N–H and O–H groups in total. The van der Waals surface area contributed by atoms with Crippen molar-refractivity contribution in [1.29, 1.82) is 0 Å². The van der Waals surface area contributed by atoms with Crippen LogP contribution >= 0.6 is 11.3 Å². The van der Waals surface area contributed by atoms with Crippen LogP contribution in [-0.2, 0) is 6.54 Å². The highest BCUT2D eigenvalue weighted by molar-refractivity contribution is 7.15. The van der Waals surface area contributed by atoms with E-state index < -0.39 is 6.09 Å². The molecular formula is C16H13N3O2S. The molecule has 3 heterocycles. The Bertz CT molecular complexity index is 787. The number of nitrogens with one attached hydrogen (secondary N) is 1. The van der Waals surface area contributed by atoms with Gasteiger partial charge in [0.05, 0.1) is 6.54 Å². The molecule has 0 spiro atoms. The highest BCUT2D eigenvalue weighted by Crippen LogP contribution is 2.35. The summed E-state index contributed by atoms with van der Waals surface area (Å²) in [5.74, 6) is 0. The van der Waals surface area contributed by atoms with Gasteiger partial charge in [-0.25, -0.2) is 4.79 Å². The van der Waals surface area contributed by atoms with Gasteiger partial charge in [-0.05, 0) is 41.5 Å². The van der Waals surface area contributed by atoms with Crippen molar-refractivity contribution in [3.8, 4) is 21.6 Å². The summed E-state index contributed by atoms with van der Waals surface area (Å²) in [6.45, 7) is 0.310. The number of pyridine rings is 2. The van der Waals surface area contributed by atoms with E-state index in [2.05, 4.69) is 15.3 Å². The number of rotatable bonds is 4. The van der Waals surface area contributed by atoms with Gasteiger partial charge in [0.25, 0.3) is 0 Å². The summed E-state index contributed by atoms with van der Waals surface area (Å²) in [6, 6.07) is 9.81. The fraction of sp³-hybridized carbons (Fsp3) is 0.0625. The number of hydrogen-bond donors (Lipinski definition) is 2. The zero-order valence-corrected chi connectivity index (χ0v) is 12.4. The number of carboxylic acid groups (broad SMARTS) is 1. The van der Waals surface area contributed by atoms with E-state index in [1.165, 1.54) is 0 Å². The van der Waals surface area contributed by atoms with Crippen molar-refractivity contribution in [2.24, 2.45) is 0 Å². The summed E-state index contributed by atoms with van der Waals surface area (Å²) in [7, 11) is 0. The SMILES string of the molecule is O=C(O)NCc1ccc(-c2cnccc2-c2ccncc2)s1. The fourth-order valence-electron chi connectivity index (χ4n) is 2.15. The summed E-state index contributed by atoms with van der Waals surface area (Å²) in [6.07, 6.45) is 6.09. The topological polar surface area (TPSA) is 75.1 Å². The van der Waals surface area contributed by atoms with E-state index in [0.717, 1.165) is 26.4 Å². The lowest BCUT2D eigenvalue weighted by molar-refractivity contribution is 0.194. The third-order valence-electron chi connectivity index (χ3n) is 3.15. The van der Waals surface area contributed by atoms with E-state index in [-0.39, 0.29) is 0 Å². The van der Waals surface area contributed by atoms with Crippen LogP contribution in [0.15, 0.2) is 55.1 Å². The third kappa shape index (κ3) is 3.12. The van der Waals surface area contributed by atoms with Gasteiger partial charge in [0.2, 0.25) is 0 Å². The molecule has 0 atom stereocenters. The molecule has 3 aromatic rings. The lowest BCUT2D eigenvalue weighted by atomic mass is 10.0. The molecule has 0 saturated heterocycles. The number of nitrogens with zero attached hydrogens (tertiary/aromatic N) is 2. The largest absolute Gasteiger partial charge is 0.465 e. The summed E-state index contributed by atoms with van der Waals surface area (Å²) >= 11 is 1.56. The van der Waals surface area contributed by atoms with Crippen LogP contribution < -0.4 is 5.32 Å². The van der Waals surface area contributed by atoms with Gasteiger partial charge in [0.15, 0.2) is 0 Å². The molecule has 22 heavy (non-hydrogen) atoms. The molecule has 3 aromatic heterocycles. The van der Waals surface area contributed by atoms with Gasteiger partial charge in [-0.2, -0.15) is 0 Å². The first-order chi connectivity index (χ1) is 10.7. The molecule has 0 fully saturated rings. The van der Waals surface area contributed by atoms with Crippen molar-refractivity contribution >= 4 is 17.4 Å². The third-order valence-corrected chi connectivity index (χ3v) is 4.27. The molecule has 0 radical (unpaired) electrons. The predicted octanol–water partition coefficient (Wildman–Crippen LogP) is 3.64. The fourth-order valence-corrected chi connectivity index (χ4v) is 3.13. The molecule has 6 heteroatoms. The van der Waals surface area contributed by atoms with Gasteiger partial charge >= 0.3 is 6.09 Å². The molecular weight excluding hydrogens is 298 g/mol. The lowest BCUT2D eigenvalue weighted by Crippen LogP contribution is -2.19. The molecule has 0 aromatic carbocycles. The minimum absolute atomic E-state index is 0.310. The maximum atomic E-state index is 10.6. The van der Waals surface area contributed by atoms with Crippen molar-refractivity contribution < 1.29 is 9.90 Å². The Labute approximate surface area is 131 Å². The monoisotopic (exact) mass is 311 g/mol. The molecule has 0 unspecified atom stereocenters. The van der Waals surface area contributed by atoms with Gasteiger partial charge in [-0.1, -0.05) is 0 Å². The standard InChI is InChI=1S/C16H13N3O2S/c20-16(21)19-9-12-1-2-15(22-12)14-10-18-8-5-13(14)11-3-6-17-7-4-11/h1-8,10,19H,9H2,(H,20,21). The molecule has 0 aliphatic heterocycles. The van der Waals surface area contributed by atoms with Crippen LogP contribution in [0.4, 0.5) is 4.79 Å². The number of hydrogen-bond acceptors (Lipinski definition) is 4. The van der Waals surface area contributed by atoms with Gasteiger partial charge in [-0.3, -0.25) is 9.97 Å². The first-order valence-electron chi connectivity index (χ1n) is 6.64. The number of aromatic nitrogens is 2. The van der Waals surface area contributed by atoms with Crippen LogP contribution in [-0.4, -0.2) is 21.2 Å². The second kappa shape index (κ2) is 6.36.